The van der Waals surface area contributed by atoms with Crippen LogP contribution in [0, 0.1) is 5.82 Å². The van der Waals surface area contributed by atoms with E-state index in [0.717, 1.165) is 0 Å². The van der Waals surface area contributed by atoms with Crippen molar-refractivity contribution in [3.63, 3.8) is 0 Å². The molecule has 0 atom stereocenters. The van der Waals surface area contributed by atoms with Gasteiger partial charge in [0, 0.05) is 5.56 Å². The first-order valence-electron chi connectivity index (χ1n) is 7.91. The van der Waals surface area contributed by atoms with Crippen LogP contribution in [-0.2, 0) is 4.74 Å². The molecule has 7 heteroatoms. The van der Waals surface area contributed by atoms with E-state index in [1.807, 2.05) is 0 Å². The minimum absolute atomic E-state index is 0.115. The van der Waals surface area contributed by atoms with Crippen molar-refractivity contribution in [1.29, 1.82) is 0 Å². The highest BCUT2D eigenvalue weighted by Crippen LogP contribution is 2.32. The van der Waals surface area contributed by atoms with Crippen LogP contribution in [0.3, 0.4) is 0 Å². The summed E-state index contributed by atoms with van der Waals surface area (Å²) in [7, 11) is 1.54. The number of esters is 1. The fraction of sp³-hybridized carbons (Fsp3) is 0.158. The van der Waals surface area contributed by atoms with Crippen molar-refractivity contribution < 1.29 is 18.7 Å². The smallest absolute Gasteiger partial charge is 0.361 e. The molecule has 0 unspecified atom stereocenters. The van der Waals surface area contributed by atoms with Crippen LogP contribution in [0.25, 0.3) is 16.9 Å². The molecule has 134 valence electrons. The van der Waals surface area contributed by atoms with Crippen molar-refractivity contribution in [3.8, 4) is 22.7 Å². The molecule has 0 N–H and O–H groups in total. The first-order valence-corrected chi connectivity index (χ1v) is 8.29. The predicted molar refractivity (Wildman–Crippen MR) is 96.5 cm³/mol. The van der Waals surface area contributed by atoms with Crippen LogP contribution >= 0.6 is 11.6 Å². The Kier molecular flexibility index (Phi) is 5.23. The first kappa shape index (κ1) is 17.9. The third kappa shape index (κ3) is 3.28. The fourth-order valence-electron chi connectivity index (χ4n) is 2.52. The zero-order chi connectivity index (χ0) is 18.7. The first-order chi connectivity index (χ1) is 12.6. The van der Waals surface area contributed by atoms with Crippen LogP contribution in [0.4, 0.5) is 4.39 Å². The Morgan fingerprint density at radius 3 is 2.50 bits per heavy atom. The molecule has 0 radical (unpaired) electrons. The Morgan fingerprint density at radius 2 is 1.88 bits per heavy atom. The molecule has 0 saturated carbocycles. The van der Waals surface area contributed by atoms with E-state index >= 15 is 4.39 Å². The van der Waals surface area contributed by atoms with Crippen molar-refractivity contribution in [3.05, 3.63) is 65.1 Å². The minimum atomic E-state index is -0.828. The van der Waals surface area contributed by atoms with Gasteiger partial charge in [-0.3, -0.25) is 0 Å². The topological polar surface area (TPSA) is 53.3 Å². The van der Waals surface area contributed by atoms with Crippen LogP contribution in [-0.4, -0.2) is 29.5 Å². The molecule has 0 aliphatic rings. The molecule has 26 heavy (non-hydrogen) atoms. The Morgan fingerprint density at radius 1 is 1.19 bits per heavy atom. The van der Waals surface area contributed by atoms with Crippen molar-refractivity contribution in [1.82, 2.24) is 9.78 Å². The summed E-state index contributed by atoms with van der Waals surface area (Å²) in [5.41, 5.74) is 0.696. The molecule has 2 aromatic carbocycles. The van der Waals surface area contributed by atoms with Crippen molar-refractivity contribution in [2.45, 2.75) is 6.92 Å². The fourth-order valence-corrected chi connectivity index (χ4v) is 2.74. The second-order valence-electron chi connectivity index (χ2n) is 5.32. The Bertz CT molecular complexity index is 938. The summed E-state index contributed by atoms with van der Waals surface area (Å²) in [5.74, 6) is -0.970. The SMILES string of the molecule is CCOC(=O)c1nn(-c2ccccc2Cl)c(-c2ccc(OC)cc2)c1[18F]. The van der Waals surface area contributed by atoms with E-state index in [9.17, 15) is 4.79 Å². The maximum Gasteiger partial charge on any atom is 0.361 e. The molecule has 0 bridgehead atoms. The number of carbonyl (C=O) groups is 1. The van der Waals surface area contributed by atoms with Gasteiger partial charge in [-0.2, -0.15) is 5.10 Å². The molecule has 0 spiro atoms. The van der Waals surface area contributed by atoms with E-state index in [2.05, 4.69) is 5.10 Å². The van der Waals surface area contributed by atoms with Gasteiger partial charge in [0.1, 0.15) is 11.4 Å². The van der Waals surface area contributed by atoms with Gasteiger partial charge in [0.25, 0.3) is 0 Å². The summed E-state index contributed by atoms with van der Waals surface area (Å²) >= 11 is 6.25. The molecule has 1 aromatic heterocycles. The number of halogens is 2. The number of rotatable bonds is 5. The second-order valence-corrected chi connectivity index (χ2v) is 5.73. The average Bonchev–Trinajstić information content (AvgIpc) is 2.99. The average molecular weight is 374 g/mol. The molecule has 0 amide bonds. The zero-order valence-electron chi connectivity index (χ0n) is 14.2. The monoisotopic (exact) mass is 373 g/mol. The maximum atomic E-state index is 15.1. The van der Waals surface area contributed by atoms with Crippen LogP contribution in [0.15, 0.2) is 48.5 Å². The number of nitrogens with zero attached hydrogens (tertiary/aromatic N) is 2. The van der Waals surface area contributed by atoms with Crippen molar-refractivity contribution >= 4 is 17.6 Å². The van der Waals surface area contributed by atoms with Gasteiger partial charge in [0.15, 0.2) is 5.82 Å². The number of benzene rings is 2. The molecular formula is C19H16ClFN2O3. The summed E-state index contributed by atoms with van der Waals surface area (Å²) in [6.45, 7) is 1.76. The number of ether oxygens (including phenoxy) is 2. The number of carbonyl (C=O) groups excluding carboxylic acids is 1. The molecule has 0 aliphatic carbocycles. The van der Waals surface area contributed by atoms with Crippen LogP contribution in [0.1, 0.15) is 17.4 Å². The predicted octanol–water partition coefficient (Wildman–Crippen LogP) is 4.52. The highest BCUT2D eigenvalue weighted by Gasteiger charge is 2.26. The van der Waals surface area contributed by atoms with E-state index in [4.69, 9.17) is 21.1 Å². The van der Waals surface area contributed by atoms with E-state index in [1.54, 1.807) is 62.6 Å². The summed E-state index contributed by atoms with van der Waals surface area (Å²) < 4.78 is 26.4. The molecule has 1 heterocycles. The maximum absolute atomic E-state index is 15.1. The van der Waals surface area contributed by atoms with Gasteiger partial charge >= 0.3 is 5.97 Å². The van der Waals surface area contributed by atoms with Gasteiger partial charge in [-0.15, -0.1) is 0 Å². The minimum Gasteiger partial charge on any atom is -0.497 e. The Balaban J connectivity index is 2.23. The standard InChI is InChI=1S/C19H16ClFN2O3/c1-3-26-19(24)17-16(21)18(12-8-10-13(25-2)11-9-12)23(22-17)15-7-5-4-6-14(15)20/h4-11H,3H2,1-2H3/i21-1. The van der Waals surface area contributed by atoms with Crippen LogP contribution in [0.5, 0.6) is 5.75 Å². The quantitative estimate of drug-likeness (QED) is 0.617. The van der Waals surface area contributed by atoms with Crippen LogP contribution in [0.2, 0.25) is 5.02 Å². The van der Waals surface area contributed by atoms with Crippen molar-refractivity contribution in [2.24, 2.45) is 0 Å². The van der Waals surface area contributed by atoms with E-state index < -0.39 is 17.5 Å². The van der Waals surface area contributed by atoms with Crippen molar-refractivity contribution in [2.75, 3.05) is 13.7 Å². The lowest BCUT2D eigenvalue weighted by atomic mass is 10.1. The normalized spacial score (nSPS) is 10.6. The molecule has 0 aliphatic heterocycles. The van der Waals surface area contributed by atoms with Crippen LogP contribution < -0.4 is 4.74 Å². The number of para-hydroxylation sites is 1. The number of hydrogen-bond acceptors (Lipinski definition) is 4. The highest BCUT2D eigenvalue weighted by atomic mass is 35.5. The third-order valence-electron chi connectivity index (χ3n) is 3.74. The zero-order valence-corrected chi connectivity index (χ0v) is 15.0. The molecule has 3 rings (SSSR count). The van der Waals surface area contributed by atoms with E-state index in [1.165, 1.54) is 4.68 Å². The van der Waals surface area contributed by atoms with Gasteiger partial charge in [0.2, 0.25) is 5.69 Å². The van der Waals surface area contributed by atoms with Gasteiger partial charge in [0.05, 0.1) is 24.4 Å². The molecule has 0 fully saturated rings. The lowest BCUT2D eigenvalue weighted by molar-refractivity contribution is 0.0513. The van der Waals surface area contributed by atoms with Gasteiger partial charge in [-0.05, 0) is 43.3 Å². The third-order valence-corrected chi connectivity index (χ3v) is 4.06. The highest BCUT2D eigenvalue weighted by molar-refractivity contribution is 6.32. The summed E-state index contributed by atoms with van der Waals surface area (Å²) in [6, 6.07) is 13.6. The summed E-state index contributed by atoms with van der Waals surface area (Å²) in [4.78, 5) is 12.1. The Labute approximate surface area is 154 Å². The van der Waals surface area contributed by atoms with Gasteiger partial charge < -0.3 is 9.47 Å². The summed E-state index contributed by atoms with van der Waals surface area (Å²) in [5, 5.41) is 4.50. The number of hydrogen-bond donors (Lipinski definition) is 0. The number of aromatic nitrogens is 2. The molecule has 5 nitrogen and oxygen atoms in total. The number of methoxy groups -OCH3 is 1. The molecule has 0 saturated heterocycles. The summed E-state index contributed by atoms with van der Waals surface area (Å²) in [6.07, 6.45) is 0. The van der Waals surface area contributed by atoms with Gasteiger partial charge in [-0.25, -0.2) is 13.9 Å². The molecule has 3 aromatic rings. The van der Waals surface area contributed by atoms with E-state index in [-0.39, 0.29) is 12.3 Å². The lowest BCUT2D eigenvalue weighted by Gasteiger charge is -2.09. The second kappa shape index (κ2) is 7.58. The van der Waals surface area contributed by atoms with Gasteiger partial charge in [-0.1, -0.05) is 23.7 Å². The lowest BCUT2D eigenvalue weighted by Crippen LogP contribution is -2.08. The Hall–Kier alpha value is -2.86. The molecular weight excluding hydrogens is 358 g/mol. The van der Waals surface area contributed by atoms with E-state index in [0.29, 0.717) is 22.0 Å². The largest absolute Gasteiger partial charge is 0.497 e.